The zero-order valence-corrected chi connectivity index (χ0v) is 15.5. The molecule has 1 saturated heterocycles. The first-order valence-corrected chi connectivity index (χ1v) is 9.88. The summed E-state index contributed by atoms with van der Waals surface area (Å²) in [5.41, 5.74) is 2.70. The highest BCUT2D eigenvalue weighted by atomic mass is 16.5. The molecule has 1 aliphatic heterocycles. The number of hydrogen-bond acceptors (Lipinski definition) is 3. The Bertz CT molecular complexity index is 547. The molecule has 1 saturated carbocycles. The standard InChI is InChI=1S/C21H32N2O2/c1-17-6-5-7-18(14-17)15-23-12-10-19(11-13-23)22-21(24)16-25-20-8-3-2-4-9-20/h5-7,14,19-20H,2-4,8-13,15-16H2,1H3,(H,22,24). The van der Waals surface area contributed by atoms with Crippen molar-refractivity contribution >= 4 is 5.91 Å². The SMILES string of the molecule is Cc1cccc(CN2CCC(NC(=O)COC3CCCCC3)CC2)c1. The third-order valence-electron chi connectivity index (χ3n) is 5.44. The van der Waals surface area contributed by atoms with Crippen LogP contribution in [-0.2, 0) is 16.1 Å². The summed E-state index contributed by atoms with van der Waals surface area (Å²) < 4.78 is 5.78. The summed E-state index contributed by atoms with van der Waals surface area (Å²) in [4.78, 5) is 14.6. The molecule has 2 fully saturated rings. The van der Waals surface area contributed by atoms with Gasteiger partial charge in [0, 0.05) is 25.7 Å². The summed E-state index contributed by atoms with van der Waals surface area (Å²) >= 11 is 0. The van der Waals surface area contributed by atoms with E-state index in [-0.39, 0.29) is 12.5 Å². The van der Waals surface area contributed by atoms with E-state index in [0.29, 0.717) is 12.1 Å². The average Bonchev–Trinajstić information content (AvgIpc) is 2.63. The molecule has 1 amide bonds. The van der Waals surface area contributed by atoms with E-state index >= 15 is 0 Å². The first-order valence-electron chi connectivity index (χ1n) is 9.88. The van der Waals surface area contributed by atoms with E-state index in [2.05, 4.69) is 41.4 Å². The van der Waals surface area contributed by atoms with Gasteiger partial charge in [0.2, 0.25) is 5.91 Å². The van der Waals surface area contributed by atoms with Crippen LogP contribution in [0.25, 0.3) is 0 Å². The maximum Gasteiger partial charge on any atom is 0.246 e. The largest absolute Gasteiger partial charge is 0.368 e. The maximum absolute atomic E-state index is 12.1. The van der Waals surface area contributed by atoms with Crippen LogP contribution in [0.2, 0.25) is 0 Å². The van der Waals surface area contributed by atoms with E-state index in [9.17, 15) is 4.79 Å². The molecule has 0 spiro atoms. The van der Waals surface area contributed by atoms with E-state index in [4.69, 9.17) is 4.74 Å². The molecule has 1 aromatic rings. The van der Waals surface area contributed by atoms with Gasteiger partial charge in [-0.05, 0) is 38.2 Å². The Hall–Kier alpha value is -1.39. The number of aryl methyl sites for hydroxylation is 1. The van der Waals surface area contributed by atoms with Crippen LogP contribution in [0, 0.1) is 6.92 Å². The van der Waals surface area contributed by atoms with Gasteiger partial charge in [0.1, 0.15) is 6.61 Å². The fourth-order valence-electron chi connectivity index (χ4n) is 4.00. The van der Waals surface area contributed by atoms with E-state index in [1.54, 1.807) is 0 Å². The second-order valence-corrected chi connectivity index (χ2v) is 7.68. The van der Waals surface area contributed by atoms with Crippen molar-refractivity contribution in [3.63, 3.8) is 0 Å². The lowest BCUT2D eigenvalue weighted by Gasteiger charge is -2.32. The van der Waals surface area contributed by atoms with Crippen LogP contribution in [0.3, 0.4) is 0 Å². The summed E-state index contributed by atoms with van der Waals surface area (Å²) in [6, 6.07) is 9.03. The van der Waals surface area contributed by atoms with Gasteiger partial charge in [-0.2, -0.15) is 0 Å². The minimum Gasteiger partial charge on any atom is -0.368 e. The number of piperidine rings is 1. The molecule has 3 rings (SSSR count). The zero-order chi connectivity index (χ0) is 17.5. The fourth-order valence-corrected chi connectivity index (χ4v) is 4.00. The summed E-state index contributed by atoms with van der Waals surface area (Å²) in [6.45, 7) is 5.46. The Kier molecular flexibility index (Phi) is 6.88. The first kappa shape index (κ1) is 18.4. The van der Waals surface area contributed by atoms with Gasteiger partial charge in [0.15, 0.2) is 0 Å². The third kappa shape index (κ3) is 6.12. The van der Waals surface area contributed by atoms with Crippen molar-refractivity contribution in [2.45, 2.75) is 70.6 Å². The number of likely N-dealkylation sites (tertiary alicyclic amines) is 1. The highest BCUT2D eigenvalue weighted by molar-refractivity contribution is 5.77. The Morgan fingerprint density at radius 1 is 1.16 bits per heavy atom. The van der Waals surface area contributed by atoms with Gasteiger partial charge >= 0.3 is 0 Å². The minimum atomic E-state index is 0.0581. The quantitative estimate of drug-likeness (QED) is 0.860. The van der Waals surface area contributed by atoms with Crippen LogP contribution in [0.15, 0.2) is 24.3 Å². The number of nitrogens with zero attached hydrogens (tertiary/aromatic N) is 1. The van der Waals surface area contributed by atoms with Gasteiger partial charge in [0.05, 0.1) is 6.10 Å². The second-order valence-electron chi connectivity index (χ2n) is 7.68. The van der Waals surface area contributed by atoms with Crippen molar-refractivity contribution in [2.24, 2.45) is 0 Å². The fraction of sp³-hybridized carbons (Fsp3) is 0.667. The van der Waals surface area contributed by atoms with E-state index in [1.165, 1.54) is 30.4 Å². The Morgan fingerprint density at radius 3 is 2.64 bits per heavy atom. The van der Waals surface area contributed by atoms with Crippen molar-refractivity contribution in [2.75, 3.05) is 19.7 Å². The number of amides is 1. The molecule has 2 aliphatic rings. The Morgan fingerprint density at radius 2 is 1.92 bits per heavy atom. The lowest BCUT2D eigenvalue weighted by molar-refractivity contribution is -0.129. The number of ether oxygens (including phenoxy) is 1. The van der Waals surface area contributed by atoms with Crippen LogP contribution >= 0.6 is 0 Å². The topological polar surface area (TPSA) is 41.6 Å². The Labute approximate surface area is 151 Å². The van der Waals surface area contributed by atoms with E-state index in [0.717, 1.165) is 45.3 Å². The summed E-state index contributed by atoms with van der Waals surface area (Å²) in [5, 5.41) is 3.16. The summed E-state index contributed by atoms with van der Waals surface area (Å²) in [7, 11) is 0. The van der Waals surface area contributed by atoms with Crippen molar-refractivity contribution in [3.05, 3.63) is 35.4 Å². The summed E-state index contributed by atoms with van der Waals surface area (Å²) in [6.07, 6.45) is 8.39. The third-order valence-corrected chi connectivity index (χ3v) is 5.44. The molecule has 0 aromatic heterocycles. The minimum absolute atomic E-state index is 0.0581. The number of carbonyl (C=O) groups is 1. The molecule has 0 atom stereocenters. The number of rotatable bonds is 6. The van der Waals surface area contributed by atoms with Crippen molar-refractivity contribution < 1.29 is 9.53 Å². The lowest BCUT2D eigenvalue weighted by atomic mass is 9.98. The molecule has 1 aromatic carbocycles. The van der Waals surface area contributed by atoms with Crippen LogP contribution < -0.4 is 5.32 Å². The van der Waals surface area contributed by atoms with Crippen molar-refractivity contribution in [3.8, 4) is 0 Å². The number of hydrogen-bond donors (Lipinski definition) is 1. The van der Waals surface area contributed by atoms with E-state index in [1.807, 2.05) is 0 Å². The van der Waals surface area contributed by atoms with Gasteiger partial charge in [-0.3, -0.25) is 9.69 Å². The smallest absolute Gasteiger partial charge is 0.246 e. The van der Waals surface area contributed by atoms with Crippen molar-refractivity contribution in [1.29, 1.82) is 0 Å². The van der Waals surface area contributed by atoms with Crippen LogP contribution in [0.4, 0.5) is 0 Å². The Balaban J connectivity index is 1.33. The van der Waals surface area contributed by atoms with Crippen LogP contribution in [0.5, 0.6) is 0 Å². The zero-order valence-electron chi connectivity index (χ0n) is 15.5. The average molecular weight is 344 g/mol. The molecule has 4 nitrogen and oxygen atoms in total. The van der Waals surface area contributed by atoms with Gasteiger partial charge in [-0.15, -0.1) is 0 Å². The molecular formula is C21H32N2O2. The highest BCUT2D eigenvalue weighted by Gasteiger charge is 2.21. The molecule has 4 heteroatoms. The molecule has 138 valence electrons. The molecule has 0 unspecified atom stereocenters. The molecule has 1 heterocycles. The first-order chi connectivity index (χ1) is 12.2. The van der Waals surface area contributed by atoms with Gasteiger partial charge in [-0.1, -0.05) is 49.1 Å². The van der Waals surface area contributed by atoms with Crippen LogP contribution in [-0.4, -0.2) is 42.6 Å². The number of nitrogens with one attached hydrogen (secondary N) is 1. The molecule has 0 radical (unpaired) electrons. The van der Waals surface area contributed by atoms with Crippen molar-refractivity contribution in [1.82, 2.24) is 10.2 Å². The molecule has 25 heavy (non-hydrogen) atoms. The monoisotopic (exact) mass is 344 g/mol. The summed E-state index contributed by atoms with van der Waals surface area (Å²) in [5.74, 6) is 0.0581. The van der Waals surface area contributed by atoms with Gasteiger partial charge < -0.3 is 10.1 Å². The normalized spacial score (nSPS) is 20.5. The number of carbonyl (C=O) groups excluding carboxylic acids is 1. The molecule has 0 bridgehead atoms. The van der Waals surface area contributed by atoms with Gasteiger partial charge in [0.25, 0.3) is 0 Å². The van der Waals surface area contributed by atoms with Gasteiger partial charge in [-0.25, -0.2) is 0 Å². The predicted octanol–water partition coefficient (Wildman–Crippen LogP) is 3.42. The van der Waals surface area contributed by atoms with E-state index < -0.39 is 0 Å². The second kappa shape index (κ2) is 9.35. The molecule has 1 aliphatic carbocycles. The molecular weight excluding hydrogens is 312 g/mol. The molecule has 1 N–H and O–H groups in total. The van der Waals surface area contributed by atoms with Crippen LogP contribution in [0.1, 0.15) is 56.1 Å². The predicted molar refractivity (Wildman–Crippen MR) is 100 cm³/mol. The highest BCUT2D eigenvalue weighted by Crippen LogP contribution is 2.20. The lowest BCUT2D eigenvalue weighted by Crippen LogP contribution is -2.45. The maximum atomic E-state index is 12.1. The number of benzene rings is 1.